The molecular weight excluding hydrogens is 418 g/mol. The van der Waals surface area contributed by atoms with Gasteiger partial charge >= 0.3 is 11.9 Å². The number of nitrogens with zero attached hydrogens (tertiary/aromatic N) is 4. The maximum absolute atomic E-state index is 14.4. The van der Waals surface area contributed by atoms with E-state index in [1.54, 1.807) is 0 Å². The second-order valence-corrected chi connectivity index (χ2v) is 7.38. The number of ether oxygens (including phenoxy) is 2. The summed E-state index contributed by atoms with van der Waals surface area (Å²) >= 11 is 0. The van der Waals surface area contributed by atoms with Crippen molar-refractivity contribution in [1.82, 2.24) is 19.1 Å². The van der Waals surface area contributed by atoms with Crippen LogP contribution in [-0.2, 0) is 11.3 Å². The minimum absolute atomic E-state index is 0.0647. The van der Waals surface area contributed by atoms with Crippen LogP contribution in [0.3, 0.4) is 0 Å². The summed E-state index contributed by atoms with van der Waals surface area (Å²) in [5.74, 6) is -0.190. The molecule has 0 spiro atoms. The average molecular weight is 437 g/mol. The highest BCUT2D eigenvalue weighted by Crippen LogP contribution is 2.39. The zero-order chi connectivity index (χ0) is 22.0. The molecule has 2 aliphatic rings. The third-order valence-corrected chi connectivity index (χ3v) is 5.25. The summed E-state index contributed by atoms with van der Waals surface area (Å²) in [7, 11) is 1.28. The first kappa shape index (κ1) is 20.8. The van der Waals surface area contributed by atoms with Gasteiger partial charge in [0.15, 0.2) is 29.7 Å². The first-order chi connectivity index (χ1) is 14.0. The number of hydrogen-bond acceptors (Lipinski definition) is 8. The molecule has 166 valence electrons. The standard InChI is InChI=1S/C16H19F4N5O5/c1-29-12-7-11(22-14(21)23-12)25(15(28)24(7)4-5-2-3-5)13-8(26)6(17)9(30-13)10(27)16(18,19)20/h5-6,8-10,13,26-27H,2-4H2,1H3,(H2,21,22,23)/t6-,8-,9+,10-,13-/m1/s1. The molecular formula is C16H19F4N5O5. The van der Waals surface area contributed by atoms with E-state index < -0.39 is 42.6 Å². The lowest BCUT2D eigenvalue weighted by Crippen LogP contribution is -2.44. The number of imidazole rings is 1. The van der Waals surface area contributed by atoms with Crippen molar-refractivity contribution in [2.24, 2.45) is 5.92 Å². The largest absolute Gasteiger partial charge is 0.479 e. The van der Waals surface area contributed by atoms with Gasteiger partial charge in [-0.05, 0) is 18.8 Å². The van der Waals surface area contributed by atoms with Gasteiger partial charge in [-0.2, -0.15) is 23.1 Å². The van der Waals surface area contributed by atoms with Crippen LogP contribution in [0.25, 0.3) is 11.2 Å². The summed E-state index contributed by atoms with van der Waals surface area (Å²) < 4.78 is 65.2. The summed E-state index contributed by atoms with van der Waals surface area (Å²) in [4.78, 5) is 21.0. The number of halogens is 4. The second kappa shape index (κ2) is 7.06. The summed E-state index contributed by atoms with van der Waals surface area (Å²) in [6, 6.07) is 0. The number of alkyl halides is 4. The van der Waals surface area contributed by atoms with Gasteiger partial charge in [-0.15, -0.1) is 0 Å². The van der Waals surface area contributed by atoms with Crippen LogP contribution in [0.4, 0.5) is 23.5 Å². The smallest absolute Gasteiger partial charge is 0.417 e. The Morgan fingerprint density at radius 3 is 2.60 bits per heavy atom. The molecule has 4 N–H and O–H groups in total. The van der Waals surface area contributed by atoms with E-state index in [9.17, 15) is 32.6 Å². The van der Waals surface area contributed by atoms with E-state index in [1.807, 2.05) is 0 Å². The van der Waals surface area contributed by atoms with Gasteiger partial charge < -0.3 is 25.4 Å². The molecule has 10 nitrogen and oxygen atoms in total. The van der Waals surface area contributed by atoms with E-state index in [4.69, 9.17) is 15.2 Å². The monoisotopic (exact) mass is 437 g/mol. The zero-order valence-electron chi connectivity index (χ0n) is 15.6. The molecule has 0 radical (unpaired) electrons. The molecule has 1 aliphatic heterocycles. The average Bonchev–Trinajstić information content (AvgIpc) is 3.40. The molecule has 2 fully saturated rings. The van der Waals surface area contributed by atoms with Gasteiger partial charge in [0.05, 0.1) is 7.11 Å². The predicted molar refractivity (Wildman–Crippen MR) is 92.4 cm³/mol. The number of methoxy groups -OCH3 is 1. The third-order valence-electron chi connectivity index (χ3n) is 5.25. The summed E-state index contributed by atoms with van der Waals surface area (Å²) in [5.41, 5.74) is 4.73. The Kier molecular flexibility index (Phi) is 4.90. The Bertz CT molecular complexity index is 1020. The SMILES string of the molecule is COc1nc(N)nc2c1n(CC1CC1)c(=O)n2[C@@H]1O[C@H]([C@@H](O)C(F)(F)F)[C@H](F)[C@H]1O. The summed E-state index contributed by atoms with van der Waals surface area (Å²) in [6.45, 7) is 0.239. The molecule has 1 saturated heterocycles. The Hall–Kier alpha value is -2.45. The van der Waals surface area contributed by atoms with Crippen LogP contribution >= 0.6 is 0 Å². The van der Waals surface area contributed by atoms with Crippen molar-refractivity contribution in [1.29, 1.82) is 0 Å². The number of nitrogens with two attached hydrogens (primary N) is 1. The van der Waals surface area contributed by atoms with E-state index in [2.05, 4.69) is 9.97 Å². The van der Waals surface area contributed by atoms with E-state index >= 15 is 0 Å². The number of aliphatic hydroxyl groups is 2. The highest BCUT2D eigenvalue weighted by molar-refractivity contribution is 5.78. The number of hydrogen-bond donors (Lipinski definition) is 3. The fraction of sp³-hybridized carbons (Fsp3) is 0.688. The minimum Gasteiger partial charge on any atom is -0.479 e. The highest BCUT2D eigenvalue weighted by Gasteiger charge is 2.56. The molecule has 30 heavy (non-hydrogen) atoms. The van der Waals surface area contributed by atoms with Gasteiger partial charge in [-0.25, -0.2) is 13.8 Å². The molecule has 0 aromatic carbocycles. The fourth-order valence-electron chi connectivity index (χ4n) is 3.58. The molecule has 0 bridgehead atoms. The van der Waals surface area contributed by atoms with Crippen molar-refractivity contribution < 1.29 is 37.2 Å². The molecule has 3 heterocycles. The molecule has 2 aromatic heterocycles. The quantitative estimate of drug-likeness (QED) is 0.561. The van der Waals surface area contributed by atoms with E-state index in [0.717, 1.165) is 17.4 Å². The first-order valence-electron chi connectivity index (χ1n) is 9.09. The Morgan fingerprint density at radius 1 is 1.37 bits per heavy atom. The number of rotatable bonds is 5. The van der Waals surface area contributed by atoms with Crippen molar-refractivity contribution >= 4 is 17.1 Å². The fourth-order valence-corrected chi connectivity index (χ4v) is 3.58. The number of fused-ring (bicyclic) bond motifs is 1. The maximum Gasteiger partial charge on any atom is 0.417 e. The van der Waals surface area contributed by atoms with Crippen LogP contribution in [-0.4, -0.2) is 67.1 Å². The molecule has 2 aromatic rings. The molecule has 0 unspecified atom stereocenters. The van der Waals surface area contributed by atoms with E-state index in [-0.39, 0.29) is 35.5 Å². The lowest BCUT2D eigenvalue weighted by Gasteiger charge is -2.22. The van der Waals surface area contributed by atoms with Crippen LogP contribution in [0.1, 0.15) is 19.1 Å². The van der Waals surface area contributed by atoms with Crippen molar-refractivity contribution in [3.05, 3.63) is 10.5 Å². The summed E-state index contributed by atoms with van der Waals surface area (Å²) in [5, 5.41) is 19.6. The third kappa shape index (κ3) is 3.28. The van der Waals surface area contributed by atoms with E-state index in [1.165, 1.54) is 11.7 Å². The van der Waals surface area contributed by atoms with Crippen molar-refractivity contribution in [3.63, 3.8) is 0 Å². The molecule has 4 rings (SSSR count). The van der Waals surface area contributed by atoms with Gasteiger partial charge in [0.1, 0.15) is 12.2 Å². The number of aliphatic hydroxyl groups excluding tert-OH is 2. The summed E-state index contributed by atoms with van der Waals surface area (Å²) in [6.07, 6.45) is -15.7. The van der Waals surface area contributed by atoms with Crippen LogP contribution < -0.4 is 16.2 Å². The van der Waals surface area contributed by atoms with Gasteiger partial charge in [-0.3, -0.25) is 4.57 Å². The van der Waals surface area contributed by atoms with Gasteiger partial charge in [0.25, 0.3) is 0 Å². The topological polar surface area (TPSA) is 138 Å². The molecule has 5 atom stereocenters. The first-order valence-corrected chi connectivity index (χ1v) is 9.09. The van der Waals surface area contributed by atoms with Crippen LogP contribution in [0, 0.1) is 5.92 Å². The maximum atomic E-state index is 14.4. The lowest BCUT2D eigenvalue weighted by molar-refractivity contribution is -0.241. The van der Waals surface area contributed by atoms with E-state index in [0.29, 0.717) is 0 Å². The van der Waals surface area contributed by atoms with Gasteiger partial charge in [0, 0.05) is 6.54 Å². The Balaban J connectivity index is 1.85. The Labute approximate surface area is 165 Å². The molecule has 14 heteroatoms. The minimum atomic E-state index is -5.19. The number of anilines is 1. The van der Waals surface area contributed by atoms with Gasteiger partial charge in [-0.1, -0.05) is 0 Å². The second-order valence-electron chi connectivity index (χ2n) is 7.38. The molecule has 0 amide bonds. The van der Waals surface area contributed by atoms with Crippen LogP contribution in [0.15, 0.2) is 4.79 Å². The lowest BCUT2D eigenvalue weighted by atomic mass is 10.1. The van der Waals surface area contributed by atoms with Crippen molar-refractivity contribution in [3.8, 4) is 5.88 Å². The normalized spacial score (nSPS) is 28.2. The van der Waals surface area contributed by atoms with Crippen LogP contribution in [0.5, 0.6) is 5.88 Å². The van der Waals surface area contributed by atoms with Crippen molar-refractivity contribution in [2.45, 2.75) is 56.3 Å². The molecule has 1 saturated carbocycles. The van der Waals surface area contributed by atoms with Crippen molar-refractivity contribution in [2.75, 3.05) is 12.8 Å². The number of nitrogen functional groups attached to an aromatic ring is 1. The molecule has 1 aliphatic carbocycles. The number of aromatic nitrogens is 4. The van der Waals surface area contributed by atoms with Gasteiger partial charge in [0.2, 0.25) is 11.8 Å². The predicted octanol–water partition coefficient (Wildman–Crippen LogP) is 0.113. The highest BCUT2D eigenvalue weighted by atomic mass is 19.4. The Morgan fingerprint density at radius 2 is 2.03 bits per heavy atom. The van der Waals surface area contributed by atoms with Crippen LogP contribution in [0.2, 0.25) is 0 Å². The zero-order valence-corrected chi connectivity index (χ0v) is 15.6.